The third-order valence-corrected chi connectivity index (χ3v) is 4.04. The van der Waals surface area contributed by atoms with Crippen LogP contribution in [0.4, 0.5) is 5.69 Å². The van der Waals surface area contributed by atoms with Gasteiger partial charge in [0.2, 0.25) is 5.88 Å². The summed E-state index contributed by atoms with van der Waals surface area (Å²) in [6, 6.07) is 15.6. The van der Waals surface area contributed by atoms with Gasteiger partial charge in [0.1, 0.15) is 11.3 Å². The van der Waals surface area contributed by atoms with Crippen molar-refractivity contribution in [3.63, 3.8) is 0 Å². The van der Waals surface area contributed by atoms with Crippen LogP contribution in [0.5, 0.6) is 11.6 Å². The van der Waals surface area contributed by atoms with E-state index >= 15 is 0 Å². The number of hydrogen-bond donors (Lipinski definition) is 4. The van der Waals surface area contributed by atoms with Crippen molar-refractivity contribution in [3.05, 3.63) is 81.0 Å². The van der Waals surface area contributed by atoms with Crippen molar-refractivity contribution in [1.82, 2.24) is 15.0 Å². The summed E-state index contributed by atoms with van der Waals surface area (Å²) in [5.41, 5.74) is 1.86. The first-order valence-corrected chi connectivity index (χ1v) is 8.78. The number of rotatable bonds is 5. The summed E-state index contributed by atoms with van der Waals surface area (Å²) in [5.74, 6) is 0.0209. The second-order valence-corrected chi connectivity index (χ2v) is 6.13. The fourth-order valence-corrected chi connectivity index (χ4v) is 2.63. The Bertz CT molecular complexity index is 1150. The van der Waals surface area contributed by atoms with E-state index in [1.807, 2.05) is 30.3 Å². The van der Waals surface area contributed by atoms with Crippen molar-refractivity contribution < 1.29 is 9.84 Å². The maximum absolute atomic E-state index is 12.2. The predicted octanol–water partition coefficient (Wildman–Crippen LogP) is 1.56. The number of aromatic hydroxyl groups is 1. The zero-order valence-corrected chi connectivity index (χ0v) is 16.1. The number of methoxy groups -OCH3 is 1. The van der Waals surface area contributed by atoms with Crippen molar-refractivity contribution in [1.29, 1.82) is 0 Å². The second kappa shape index (κ2) is 8.85. The summed E-state index contributed by atoms with van der Waals surface area (Å²) in [6.07, 6.45) is 1.08. The number of aromatic nitrogens is 2. The fraction of sp³-hybridized carbons (Fsp3) is 0.0526. The van der Waals surface area contributed by atoms with Crippen molar-refractivity contribution in [2.75, 3.05) is 12.4 Å². The Morgan fingerprint density at radius 3 is 2.52 bits per heavy atom. The molecule has 0 aliphatic carbocycles. The van der Waals surface area contributed by atoms with E-state index in [0.29, 0.717) is 11.4 Å². The van der Waals surface area contributed by atoms with Gasteiger partial charge < -0.3 is 15.2 Å². The Morgan fingerprint density at radius 1 is 1.17 bits per heavy atom. The van der Waals surface area contributed by atoms with Crippen LogP contribution >= 0.6 is 12.2 Å². The van der Waals surface area contributed by atoms with Crippen LogP contribution in [0.2, 0.25) is 0 Å². The lowest BCUT2D eigenvalue weighted by Crippen LogP contribution is -2.31. The summed E-state index contributed by atoms with van der Waals surface area (Å²) in [6.45, 7) is 0. The van der Waals surface area contributed by atoms with Crippen LogP contribution in [-0.2, 0) is 0 Å². The highest BCUT2D eigenvalue weighted by Gasteiger charge is 2.14. The monoisotopic (exact) mass is 411 g/mol. The zero-order chi connectivity index (χ0) is 20.8. The maximum Gasteiger partial charge on any atom is 0.335 e. The smallest absolute Gasteiger partial charge is 0.335 e. The Hall–Kier alpha value is -3.92. The summed E-state index contributed by atoms with van der Waals surface area (Å²) in [4.78, 5) is 26.4. The van der Waals surface area contributed by atoms with E-state index in [1.54, 1.807) is 24.3 Å². The molecular formula is C19H17N5O4S. The molecule has 0 atom stereocenters. The van der Waals surface area contributed by atoms with Crippen LogP contribution in [0, 0.1) is 0 Å². The SMILES string of the molecule is COc1ccc(-n2c(O)c(C=NNC(=S)Nc3ccccc3)c(=O)[nH]c2=O)cc1. The van der Waals surface area contributed by atoms with Crippen LogP contribution in [0.15, 0.2) is 69.3 Å². The summed E-state index contributed by atoms with van der Waals surface area (Å²) < 4.78 is 6.02. The first kappa shape index (κ1) is 19.8. The normalized spacial score (nSPS) is 10.7. The number of aromatic amines is 1. The van der Waals surface area contributed by atoms with Crippen molar-refractivity contribution in [2.45, 2.75) is 0 Å². The zero-order valence-electron chi connectivity index (χ0n) is 15.2. The quantitative estimate of drug-likeness (QED) is 0.286. The van der Waals surface area contributed by atoms with E-state index in [-0.39, 0.29) is 10.7 Å². The molecule has 0 aliphatic rings. The highest BCUT2D eigenvalue weighted by atomic mass is 32.1. The number of ether oxygens (including phenoxy) is 1. The minimum absolute atomic E-state index is 0.187. The van der Waals surface area contributed by atoms with Gasteiger partial charge in [-0.1, -0.05) is 18.2 Å². The maximum atomic E-state index is 12.2. The molecular weight excluding hydrogens is 394 g/mol. The van der Waals surface area contributed by atoms with Gasteiger partial charge >= 0.3 is 5.69 Å². The van der Waals surface area contributed by atoms with E-state index in [9.17, 15) is 14.7 Å². The molecule has 0 spiro atoms. The van der Waals surface area contributed by atoms with Gasteiger partial charge in [-0.3, -0.25) is 15.2 Å². The first-order chi connectivity index (χ1) is 14.0. The summed E-state index contributed by atoms with van der Waals surface area (Å²) >= 11 is 5.11. The standard InChI is InChI=1S/C19H17N5O4S/c1-28-14-9-7-13(8-10-14)24-17(26)15(16(25)22-19(24)27)11-20-23-18(29)21-12-5-3-2-4-6-12/h2-11,26H,1H3,(H2,21,23,29)(H,22,25,27). The van der Waals surface area contributed by atoms with Crippen LogP contribution in [0.3, 0.4) is 0 Å². The molecule has 3 aromatic rings. The molecule has 9 nitrogen and oxygen atoms in total. The van der Waals surface area contributed by atoms with Gasteiger partial charge in [0.15, 0.2) is 5.11 Å². The van der Waals surface area contributed by atoms with Gasteiger partial charge in [0.25, 0.3) is 5.56 Å². The topological polar surface area (TPSA) is 121 Å². The summed E-state index contributed by atoms with van der Waals surface area (Å²) in [7, 11) is 1.51. The molecule has 1 aromatic heterocycles. The van der Waals surface area contributed by atoms with E-state index in [1.165, 1.54) is 7.11 Å². The number of benzene rings is 2. The fourth-order valence-electron chi connectivity index (χ4n) is 2.46. The average molecular weight is 411 g/mol. The number of anilines is 1. The highest BCUT2D eigenvalue weighted by molar-refractivity contribution is 7.80. The van der Waals surface area contributed by atoms with Gasteiger partial charge in [-0.15, -0.1) is 0 Å². The molecule has 3 rings (SSSR count). The molecule has 148 valence electrons. The van der Waals surface area contributed by atoms with Gasteiger partial charge in [0, 0.05) is 5.69 Å². The molecule has 10 heteroatoms. The van der Waals surface area contributed by atoms with Gasteiger partial charge in [-0.05, 0) is 48.6 Å². The van der Waals surface area contributed by atoms with Crippen molar-refractivity contribution >= 4 is 29.2 Å². The average Bonchev–Trinajstić information content (AvgIpc) is 2.71. The molecule has 0 saturated heterocycles. The Kier molecular flexibility index (Phi) is 6.05. The van der Waals surface area contributed by atoms with Crippen molar-refractivity contribution in [3.8, 4) is 17.3 Å². The van der Waals surface area contributed by atoms with Crippen LogP contribution in [0.1, 0.15) is 5.56 Å². The second-order valence-electron chi connectivity index (χ2n) is 5.72. The number of thiocarbonyl (C=S) groups is 1. The van der Waals surface area contributed by atoms with Crippen LogP contribution in [0.25, 0.3) is 5.69 Å². The molecule has 29 heavy (non-hydrogen) atoms. The molecule has 0 aliphatic heterocycles. The van der Waals surface area contributed by atoms with E-state index in [4.69, 9.17) is 17.0 Å². The molecule has 0 unspecified atom stereocenters. The lowest BCUT2D eigenvalue weighted by Gasteiger charge is -2.10. The largest absolute Gasteiger partial charge is 0.497 e. The molecule has 2 aromatic carbocycles. The molecule has 0 saturated carbocycles. The van der Waals surface area contributed by atoms with Crippen LogP contribution in [-0.4, -0.2) is 33.1 Å². The van der Waals surface area contributed by atoms with Gasteiger partial charge in [-0.2, -0.15) is 5.10 Å². The molecule has 1 heterocycles. The minimum Gasteiger partial charge on any atom is -0.497 e. The van der Waals surface area contributed by atoms with Gasteiger partial charge in [0.05, 0.1) is 19.0 Å². The third-order valence-electron chi connectivity index (χ3n) is 3.84. The lowest BCUT2D eigenvalue weighted by molar-refractivity contribution is 0.414. The number of H-pyrrole nitrogens is 1. The number of para-hydroxylation sites is 1. The Morgan fingerprint density at radius 2 is 1.86 bits per heavy atom. The molecule has 0 fully saturated rings. The Balaban J connectivity index is 1.83. The molecule has 0 radical (unpaired) electrons. The highest BCUT2D eigenvalue weighted by Crippen LogP contribution is 2.18. The van der Waals surface area contributed by atoms with Crippen molar-refractivity contribution in [2.24, 2.45) is 5.10 Å². The van der Waals surface area contributed by atoms with E-state index in [2.05, 4.69) is 20.8 Å². The van der Waals surface area contributed by atoms with E-state index < -0.39 is 17.1 Å². The molecule has 4 N–H and O–H groups in total. The third kappa shape index (κ3) is 4.68. The number of hydrogen-bond acceptors (Lipinski definition) is 6. The molecule has 0 bridgehead atoms. The number of hydrazone groups is 1. The predicted molar refractivity (Wildman–Crippen MR) is 114 cm³/mol. The first-order valence-electron chi connectivity index (χ1n) is 8.37. The van der Waals surface area contributed by atoms with E-state index in [0.717, 1.165) is 16.5 Å². The Labute approximate surface area is 170 Å². The minimum atomic E-state index is -0.788. The molecule has 0 amide bonds. The number of nitrogens with one attached hydrogen (secondary N) is 3. The summed E-state index contributed by atoms with van der Waals surface area (Å²) in [5, 5.41) is 17.4. The lowest BCUT2D eigenvalue weighted by atomic mass is 10.2. The number of nitrogens with zero attached hydrogens (tertiary/aromatic N) is 2. The van der Waals surface area contributed by atoms with Crippen LogP contribution < -0.4 is 26.7 Å². The van der Waals surface area contributed by atoms with Gasteiger partial charge in [-0.25, -0.2) is 9.36 Å².